The maximum Gasteiger partial charge on any atom is 0.407 e. The number of ether oxygens (including phenoxy) is 1. The van der Waals surface area contributed by atoms with E-state index >= 15 is 0 Å². The van der Waals surface area contributed by atoms with E-state index in [1.807, 2.05) is 24.0 Å². The normalized spacial score (nSPS) is 20.7. The number of nitrogens with zero attached hydrogens (tertiary/aromatic N) is 6. The molecule has 7 rings (SSSR count). The van der Waals surface area contributed by atoms with Crippen LogP contribution in [0.15, 0.2) is 30.5 Å². The summed E-state index contributed by atoms with van der Waals surface area (Å²) in [6.45, 7) is 4.81. The maximum atomic E-state index is 13.3. The number of rotatable bonds is 10. The van der Waals surface area contributed by atoms with Crippen LogP contribution in [0, 0.1) is 12.8 Å². The Bertz CT molecular complexity index is 1960. The number of nitrogens with two attached hydrogens (primary N) is 1. The molecule has 5 N–H and O–H groups in total. The van der Waals surface area contributed by atoms with E-state index in [0.29, 0.717) is 36.2 Å². The van der Waals surface area contributed by atoms with Gasteiger partial charge in [-0.2, -0.15) is 4.37 Å². The Balaban J connectivity index is 0.863. The van der Waals surface area contributed by atoms with Gasteiger partial charge < -0.3 is 30.9 Å². The van der Waals surface area contributed by atoms with Crippen LogP contribution in [-0.4, -0.2) is 99.7 Å². The van der Waals surface area contributed by atoms with Gasteiger partial charge in [0.05, 0.1) is 29.6 Å². The molecule has 2 unspecified atom stereocenters. The van der Waals surface area contributed by atoms with Crippen molar-refractivity contribution in [1.29, 1.82) is 0 Å². The number of carbonyl (C=O) groups is 6. The molecule has 4 aliphatic heterocycles. The quantitative estimate of drug-likeness (QED) is 0.220. The summed E-state index contributed by atoms with van der Waals surface area (Å²) < 4.78 is 9.82. The lowest BCUT2D eigenvalue weighted by molar-refractivity contribution is -0.136. The van der Waals surface area contributed by atoms with E-state index in [4.69, 9.17) is 10.5 Å². The zero-order chi connectivity index (χ0) is 37.2. The molecule has 6 amide bonds. The maximum absolute atomic E-state index is 13.3. The van der Waals surface area contributed by atoms with E-state index in [0.717, 1.165) is 55.1 Å². The number of primary amides is 1. The smallest absolute Gasteiger partial charge is 0.407 e. The van der Waals surface area contributed by atoms with E-state index in [1.54, 1.807) is 12.1 Å². The fraction of sp³-hybridized carbons (Fsp3) is 0.457. The minimum absolute atomic E-state index is 0.0261. The summed E-state index contributed by atoms with van der Waals surface area (Å²) in [6, 6.07) is 5.84. The molecule has 53 heavy (non-hydrogen) atoms. The Hall–Kier alpha value is -5.65. The summed E-state index contributed by atoms with van der Waals surface area (Å²) in [5, 5.41) is 9.01. The van der Waals surface area contributed by atoms with Gasteiger partial charge in [0.2, 0.25) is 11.8 Å². The Kier molecular flexibility index (Phi) is 10.2. The molecule has 2 aromatic heterocycles. The monoisotopic (exact) mass is 744 g/mol. The van der Waals surface area contributed by atoms with Gasteiger partial charge in [0.25, 0.3) is 17.7 Å². The van der Waals surface area contributed by atoms with E-state index in [9.17, 15) is 28.8 Å². The van der Waals surface area contributed by atoms with E-state index < -0.39 is 41.7 Å². The van der Waals surface area contributed by atoms with Crippen LogP contribution in [0.1, 0.15) is 81.8 Å². The van der Waals surface area contributed by atoms with Gasteiger partial charge >= 0.3 is 6.09 Å². The Labute approximate surface area is 308 Å². The van der Waals surface area contributed by atoms with Crippen LogP contribution in [0.25, 0.3) is 0 Å². The predicted molar refractivity (Wildman–Crippen MR) is 193 cm³/mol. The summed E-state index contributed by atoms with van der Waals surface area (Å²) in [6.07, 6.45) is 5.25. The predicted octanol–water partition coefficient (Wildman–Crippen LogP) is 2.49. The lowest BCUT2D eigenvalue weighted by Crippen LogP contribution is -2.54. The lowest BCUT2D eigenvalue weighted by Gasteiger charge is -2.34. The van der Waals surface area contributed by atoms with Crippen molar-refractivity contribution in [2.45, 2.75) is 64.0 Å². The minimum atomic E-state index is -1.000. The summed E-state index contributed by atoms with van der Waals surface area (Å²) >= 11 is 1.24. The first-order valence-corrected chi connectivity index (χ1v) is 18.5. The molecule has 3 saturated heterocycles. The molecule has 18 heteroatoms. The average Bonchev–Trinajstić information content (AvgIpc) is 3.66. The van der Waals surface area contributed by atoms with Crippen molar-refractivity contribution in [3.05, 3.63) is 53.0 Å². The molecule has 0 aliphatic carbocycles. The van der Waals surface area contributed by atoms with Gasteiger partial charge in [-0.1, -0.05) is 0 Å². The summed E-state index contributed by atoms with van der Waals surface area (Å²) in [7, 11) is 0. The lowest BCUT2D eigenvalue weighted by atomic mass is 9.93. The standard InChI is InChI=1S/C35H40N10O7S/c1-19-15-28(53-42-19)41-31-29(30(36)47)37-17-26(39-31)44-11-2-3-21(18-44)38-35(51)52-14-10-20-8-12-43(13-9-20)22-4-5-23-24(16-22)34(50)45(33(23)49)25-6-7-27(46)40-32(25)48/h4-5,15-17,20-21,25H,2-3,6-14,18H2,1H3,(H2,36,47)(H,38,51)(H,39,41)(H,40,46,48). The summed E-state index contributed by atoms with van der Waals surface area (Å²) in [5.41, 5.74) is 7.74. The second-order valence-corrected chi connectivity index (χ2v) is 14.5. The third kappa shape index (κ3) is 7.77. The fourth-order valence-electron chi connectivity index (χ4n) is 7.30. The van der Waals surface area contributed by atoms with Crippen LogP contribution in [0.2, 0.25) is 0 Å². The Morgan fingerprint density at radius 2 is 1.81 bits per heavy atom. The zero-order valence-corrected chi connectivity index (χ0v) is 29.9. The van der Waals surface area contributed by atoms with Crippen LogP contribution in [0.5, 0.6) is 0 Å². The molecule has 2 atom stereocenters. The number of nitrogens with one attached hydrogen (secondary N) is 3. The van der Waals surface area contributed by atoms with Crippen LogP contribution in [0.4, 0.5) is 27.1 Å². The number of piperidine rings is 3. The molecule has 3 fully saturated rings. The summed E-state index contributed by atoms with van der Waals surface area (Å²) in [5.74, 6) is -1.64. The van der Waals surface area contributed by atoms with Crippen LogP contribution in [0.3, 0.4) is 0 Å². The largest absolute Gasteiger partial charge is 0.450 e. The first-order valence-electron chi connectivity index (χ1n) is 17.7. The van der Waals surface area contributed by atoms with Crippen LogP contribution < -0.4 is 31.5 Å². The Morgan fingerprint density at radius 1 is 1.02 bits per heavy atom. The third-order valence-electron chi connectivity index (χ3n) is 10.1. The fourth-order valence-corrected chi connectivity index (χ4v) is 7.96. The second-order valence-electron chi connectivity index (χ2n) is 13.7. The van der Waals surface area contributed by atoms with Gasteiger partial charge in [-0.05, 0) is 87.2 Å². The second kappa shape index (κ2) is 15.1. The number of aromatic nitrogens is 3. The molecule has 0 radical (unpaired) electrons. The number of amides is 6. The molecule has 6 heterocycles. The van der Waals surface area contributed by atoms with Crippen LogP contribution in [-0.2, 0) is 14.3 Å². The zero-order valence-electron chi connectivity index (χ0n) is 29.1. The molecule has 3 aromatic rings. The Morgan fingerprint density at radius 3 is 2.55 bits per heavy atom. The van der Waals surface area contributed by atoms with Gasteiger partial charge in [-0.25, -0.2) is 14.8 Å². The number of benzene rings is 1. The van der Waals surface area contributed by atoms with E-state index in [1.165, 1.54) is 17.7 Å². The van der Waals surface area contributed by atoms with Crippen LogP contribution >= 0.6 is 11.5 Å². The highest BCUT2D eigenvalue weighted by Gasteiger charge is 2.45. The molecule has 278 valence electrons. The molecule has 0 bridgehead atoms. The number of imide groups is 2. The van der Waals surface area contributed by atoms with Crippen molar-refractivity contribution < 1.29 is 33.5 Å². The van der Waals surface area contributed by atoms with Crippen molar-refractivity contribution in [2.24, 2.45) is 11.7 Å². The molecular formula is C35H40N10O7S. The number of hydrogen-bond acceptors (Lipinski definition) is 14. The highest BCUT2D eigenvalue weighted by molar-refractivity contribution is 7.10. The molecular weight excluding hydrogens is 705 g/mol. The van der Waals surface area contributed by atoms with Crippen molar-refractivity contribution in [3.63, 3.8) is 0 Å². The van der Waals surface area contributed by atoms with Gasteiger partial charge in [-0.3, -0.25) is 34.2 Å². The van der Waals surface area contributed by atoms with Gasteiger partial charge in [-0.15, -0.1) is 0 Å². The molecule has 4 aliphatic rings. The number of fused-ring (bicyclic) bond motifs is 1. The number of aryl methyl sites for hydroxylation is 1. The average molecular weight is 745 g/mol. The first kappa shape index (κ1) is 35.7. The number of carbonyl (C=O) groups excluding carboxylic acids is 6. The van der Waals surface area contributed by atoms with Gasteiger partial charge in [0, 0.05) is 44.3 Å². The molecule has 1 aromatic carbocycles. The van der Waals surface area contributed by atoms with Crippen molar-refractivity contribution in [1.82, 2.24) is 29.9 Å². The van der Waals surface area contributed by atoms with Gasteiger partial charge in [0.1, 0.15) is 16.9 Å². The first-order chi connectivity index (χ1) is 25.5. The van der Waals surface area contributed by atoms with E-state index in [-0.39, 0.29) is 48.1 Å². The SMILES string of the molecule is Cc1cc(Nc2nc(N3CCCC(NC(=O)OCCC4CCN(c5ccc6c(c5)C(=O)N(C5CCC(=O)NC5=O)C6=O)CC4)C3)cnc2C(N)=O)sn1. The highest BCUT2D eigenvalue weighted by Crippen LogP contribution is 2.33. The topological polar surface area (TPSA) is 222 Å². The van der Waals surface area contributed by atoms with Crippen molar-refractivity contribution in [3.8, 4) is 0 Å². The molecule has 17 nitrogen and oxygen atoms in total. The summed E-state index contributed by atoms with van der Waals surface area (Å²) in [4.78, 5) is 89.1. The molecule has 0 spiro atoms. The van der Waals surface area contributed by atoms with E-state index in [2.05, 4.69) is 35.2 Å². The number of alkyl carbamates (subject to hydrolysis) is 1. The minimum Gasteiger partial charge on any atom is -0.450 e. The molecule has 0 saturated carbocycles. The van der Waals surface area contributed by atoms with Crippen molar-refractivity contribution in [2.75, 3.05) is 47.9 Å². The third-order valence-corrected chi connectivity index (χ3v) is 10.9. The van der Waals surface area contributed by atoms with Gasteiger partial charge in [0.15, 0.2) is 11.5 Å². The highest BCUT2D eigenvalue weighted by atomic mass is 32.1. The number of hydrogen-bond donors (Lipinski definition) is 4. The number of anilines is 4. The van der Waals surface area contributed by atoms with Crippen molar-refractivity contribution >= 4 is 69.5 Å².